The number of thioether (sulfide) groups is 1. The number of aliphatic hydroxyl groups is 3. The number of aliphatic hydroxyl groups excluding tert-OH is 3. The van der Waals surface area contributed by atoms with E-state index in [1.165, 1.54) is 25.8 Å². The van der Waals surface area contributed by atoms with Crippen LogP contribution in [-0.4, -0.2) is 401 Å². The van der Waals surface area contributed by atoms with Crippen molar-refractivity contribution >= 4 is 116 Å². The Kier molecular flexibility index (Phi) is 53.6. The number of hydrogen-bond acceptors (Lipinski definition) is 37. The quantitative estimate of drug-likeness (QED) is 0.0216. The van der Waals surface area contributed by atoms with Crippen LogP contribution in [0.3, 0.4) is 0 Å². The monoisotopic (exact) mass is 1920 g/mol. The molecule has 1 unspecified atom stereocenters. The van der Waals surface area contributed by atoms with Gasteiger partial charge in [-0.15, -0.1) is 5.53 Å². The molecular weight excluding hydrogens is 1790 g/mol. The SMILES string of the molecule is CC[C@H](C)[C@@H]1CC(=O)CNC(=O)[C@H]2CC(=O)[C@H]([C@@H](C)[C@@H](O)CO)NC(=O)[C@@H]3C[C@@H](O)CN3C(=O)[C@H](CC(N)=O)NC(=O)[C@H](CS(=O)c3[nH]c4c(CSCCOCCOCCOCCOCCOCCOCCOCCOCCOCCOCCOCCN5C=C(COC(=O)NCCNC(=O)CNC(=O)CNC(=O)CNC(=O)CNO)NN5)c(OC)ccc4c3C2)NC(=O)CNC1=O. The Morgan fingerprint density at radius 3 is 1.70 bits per heavy atom. The molecule has 2 bridgehead atoms. The van der Waals surface area contributed by atoms with Crippen molar-refractivity contribution in [1.82, 2.24) is 84.5 Å². The zero-order valence-corrected chi connectivity index (χ0v) is 76.6. The Morgan fingerprint density at radius 1 is 0.636 bits per heavy atom. The highest BCUT2D eigenvalue weighted by Crippen LogP contribution is 2.37. The number of benzene rings is 1. The number of fused-ring (bicyclic) bond motifs is 5. The van der Waals surface area contributed by atoms with E-state index in [0.29, 0.717) is 179 Å². The summed E-state index contributed by atoms with van der Waals surface area (Å²) in [5.74, 6) is -14.8. The third kappa shape index (κ3) is 42.0. The molecule has 4 aliphatic heterocycles. The van der Waals surface area contributed by atoms with E-state index in [-0.39, 0.29) is 55.8 Å². The summed E-state index contributed by atoms with van der Waals surface area (Å²) in [6, 6.07) is -3.70. The number of carbonyl (C=O) groups is 14. The van der Waals surface area contributed by atoms with Crippen LogP contribution in [0.15, 0.2) is 29.1 Å². The largest absolute Gasteiger partial charge is 0.496 e. The van der Waals surface area contributed by atoms with Gasteiger partial charge in [0.15, 0.2) is 11.6 Å². The van der Waals surface area contributed by atoms with Crippen molar-refractivity contribution in [1.29, 1.82) is 0 Å². The molecule has 5 heterocycles. The molecule has 0 spiro atoms. The van der Waals surface area contributed by atoms with Gasteiger partial charge in [-0.3, -0.25) is 71.5 Å². The minimum Gasteiger partial charge on any atom is -0.496 e. The number of nitrogens with two attached hydrogens (primary N) is 1. The van der Waals surface area contributed by atoms with E-state index in [1.807, 2.05) is 0 Å². The number of nitrogens with one attached hydrogen (secondary N) is 14. The van der Waals surface area contributed by atoms with Crippen LogP contribution in [0.4, 0.5) is 4.79 Å². The fraction of sp³-hybridized carbons (Fsp3) is 0.704. The molecule has 1 saturated heterocycles. The lowest BCUT2D eigenvalue weighted by Gasteiger charge is -2.32. The number of ketones is 2. The Hall–Kier alpha value is -9.50. The second-order valence-electron chi connectivity index (χ2n) is 30.6. The van der Waals surface area contributed by atoms with Crippen LogP contribution in [0, 0.1) is 23.7 Å². The fourth-order valence-electron chi connectivity index (χ4n) is 13.5. The molecule has 51 heteroatoms. The molecule has 1 aromatic heterocycles. The van der Waals surface area contributed by atoms with Crippen LogP contribution in [0.1, 0.15) is 64.0 Å². The maximum Gasteiger partial charge on any atom is 0.407 e. The molecule has 0 saturated carbocycles. The lowest BCUT2D eigenvalue weighted by atomic mass is 9.85. The zero-order chi connectivity index (χ0) is 96.0. The van der Waals surface area contributed by atoms with Gasteiger partial charge < -0.3 is 156 Å². The third-order valence-electron chi connectivity index (χ3n) is 20.8. The van der Waals surface area contributed by atoms with E-state index in [0.717, 1.165) is 4.90 Å². The highest BCUT2D eigenvalue weighted by molar-refractivity contribution is 7.98. The minimum atomic E-state index is -2.42. The lowest BCUT2D eigenvalue weighted by molar-refractivity contribution is -0.144. The summed E-state index contributed by atoms with van der Waals surface area (Å²) in [6.45, 7) is 8.84. The van der Waals surface area contributed by atoms with Crippen molar-refractivity contribution in [2.75, 3.05) is 243 Å². The molecule has 4 aliphatic rings. The number of H-pyrrole nitrogens is 1. The van der Waals surface area contributed by atoms with Crippen LogP contribution in [-0.2, 0) is 142 Å². The number of carbonyl (C=O) groups excluding carboxylic acids is 14. The predicted molar refractivity (Wildman–Crippen MR) is 467 cm³/mol. The second kappa shape index (κ2) is 63.6. The van der Waals surface area contributed by atoms with Gasteiger partial charge in [-0.05, 0) is 30.0 Å². The van der Waals surface area contributed by atoms with E-state index in [1.54, 1.807) is 42.7 Å². The first-order valence-electron chi connectivity index (χ1n) is 43.6. The molecule has 2 aromatic rings. The van der Waals surface area contributed by atoms with Crippen molar-refractivity contribution in [3.63, 3.8) is 0 Å². The average molecular weight is 1920 g/mol. The van der Waals surface area contributed by atoms with Gasteiger partial charge in [-0.2, -0.15) is 17.2 Å². The van der Waals surface area contributed by atoms with Gasteiger partial charge in [-0.1, -0.05) is 27.2 Å². The number of methoxy groups -OCH3 is 1. The summed E-state index contributed by atoms with van der Waals surface area (Å²) < 4.78 is 88.2. The van der Waals surface area contributed by atoms with Crippen LogP contribution in [0.25, 0.3) is 10.9 Å². The molecule has 744 valence electrons. The molecular formula is C81H131N17O32S2. The van der Waals surface area contributed by atoms with E-state index in [4.69, 9.17) is 72.5 Å². The normalized spacial score (nSPS) is 20.3. The van der Waals surface area contributed by atoms with Crippen LogP contribution >= 0.6 is 11.8 Å². The molecule has 0 aliphatic carbocycles. The van der Waals surface area contributed by atoms with Gasteiger partial charge in [0.2, 0.25) is 65.0 Å². The highest BCUT2D eigenvalue weighted by atomic mass is 32.2. The summed E-state index contributed by atoms with van der Waals surface area (Å²) in [6.07, 6.45) is -4.44. The van der Waals surface area contributed by atoms with Gasteiger partial charge in [0.25, 0.3) is 0 Å². The smallest absolute Gasteiger partial charge is 0.407 e. The Balaban J connectivity index is 0.814. The Labute approximate surface area is 770 Å². The topological polar surface area (TPSA) is 662 Å². The first-order chi connectivity index (χ1) is 63.6. The number of hydroxylamine groups is 1. The predicted octanol–water partition coefficient (Wildman–Crippen LogP) is -7.68. The molecule has 132 heavy (non-hydrogen) atoms. The van der Waals surface area contributed by atoms with Crippen LogP contribution < -0.4 is 80.1 Å². The fourth-order valence-corrected chi connectivity index (χ4v) is 15.7. The molecule has 6 rings (SSSR count). The second-order valence-corrected chi connectivity index (χ2v) is 33.1. The first-order valence-corrected chi connectivity index (χ1v) is 46.0. The van der Waals surface area contributed by atoms with Gasteiger partial charge in [0.1, 0.15) is 35.5 Å². The Bertz CT molecular complexity index is 4050. The maximum absolute atomic E-state index is 15.4. The summed E-state index contributed by atoms with van der Waals surface area (Å²) in [5, 5.41) is 67.0. The first kappa shape index (κ1) is 111. The molecule has 11 atom stereocenters. The maximum atomic E-state index is 15.4. The number of primary amides is 1. The summed E-state index contributed by atoms with van der Waals surface area (Å²) in [5.41, 5.74) is 14.7. The molecule has 0 radical (unpaired) electrons. The van der Waals surface area contributed by atoms with Crippen molar-refractivity contribution in [2.45, 2.75) is 106 Å². The van der Waals surface area contributed by atoms with Gasteiger partial charge in [-0.25, -0.2) is 4.79 Å². The molecule has 1 fully saturated rings. The van der Waals surface area contributed by atoms with Crippen molar-refractivity contribution in [3.05, 3.63) is 35.2 Å². The standard InChI is InChI=1S/C81H131N17O32S2/c1-5-51(2)58-36-55(100)39-88-75(110)53-34-59-57-6-7-66(118-4)60(74(57)94-79(59)132(117)50-62(91-72(109)43-89-76(58)111)77(112)92-61(38-67(82)104)80(114)98-46-56(101)37-63(98)78(113)93-73(64(102)35-53)52(3)65(103)47-99)49-131-33-32-129-31-30-128-29-28-127-27-26-126-25-24-125-23-22-124-21-20-123-19-18-122-17-16-121-15-14-120-13-12-119-11-10-97-45-54(95-96-97)48-130-81(115)84-9-8-83-68(105)40-85-69(106)41-86-70(107)42-87-71(108)44-90-116/h6-7,45,51-53,56,58,61-63,65,73,90,94-96,99,101,103,116H,5,8-44,46-50H2,1-4H3,(H2,82,104)(H,83,105)(H,84,115)(H,85,106)(H,86,107)(H,87,108)(H,88,110)(H,89,111)(H,91,109)(H,92,112)(H,93,113)/t51-,52-,53+,56+,58-,61-,62-,63-,65-,73-,132?/m0/s1. The summed E-state index contributed by atoms with van der Waals surface area (Å²) in [7, 11) is -0.978. The van der Waals surface area contributed by atoms with Crippen LogP contribution in [0.2, 0.25) is 0 Å². The van der Waals surface area contributed by atoms with Gasteiger partial charge in [0.05, 0.1) is 257 Å². The van der Waals surface area contributed by atoms with Crippen molar-refractivity contribution in [3.8, 4) is 5.75 Å². The number of rotatable bonds is 59. The van der Waals surface area contributed by atoms with E-state index >= 15 is 9.00 Å². The van der Waals surface area contributed by atoms with Gasteiger partial charge in [0, 0.05) is 85.3 Å². The van der Waals surface area contributed by atoms with Crippen molar-refractivity contribution in [2.24, 2.45) is 29.4 Å². The number of ether oxygens (including phenoxy) is 13. The number of aromatic amines is 1. The Morgan fingerprint density at radius 2 is 1.17 bits per heavy atom. The van der Waals surface area contributed by atoms with E-state index in [9.17, 15) is 77.6 Å². The molecule has 1 aromatic carbocycles. The van der Waals surface area contributed by atoms with E-state index in [2.05, 4.69) is 69.1 Å². The molecule has 20 N–H and O–H groups in total. The number of alkyl carbamates (subject to hydrolysis) is 1. The molecule has 12 amide bonds. The summed E-state index contributed by atoms with van der Waals surface area (Å²) in [4.78, 5) is 191. The van der Waals surface area contributed by atoms with E-state index < -0.39 is 237 Å². The zero-order valence-electron chi connectivity index (χ0n) is 74.9. The molecule has 49 nitrogen and oxygen atoms in total. The minimum absolute atomic E-state index is 0.0465. The van der Waals surface area contributed by atoms with Crippen molar-refractivity contribution < 1.29 is 153 Å². The number of Topliss-reactive ketones (excluding diaryl/α,β-unsaturated/α-hetero) is 2. The van der Waals surface area contributed by atoms with Crippen LogP contribution in [0.5, 0.6) is 5.75 Å². The average Bonchev–Trinajstić information content (AvgIpc) is 1.61. The third-order valence-corrected chi connectivity index (χ3v) is 23.2. The highest BCUT2D eigenvalue weighted by Gasteiger charge is 2.46. The van der Waals surface area contributed by atoms with Gasteiger partial charge >= 0.3 is 6.09 Å². The number of amides is 12. The summed E-state index contributed by atoms with van der Waals surface area (Å²) >= 11 is 1.45. The lowest BCUT2D eigenvalue weighted by Crippen LogP contribution is -2.60. The number of hydrogen-bond donors (Lipinski definition) is 19. The number of nitrogens with zero attached hydrogens (tertiary/aromatic N) is 2. The number of aromatic nitrogens is 1. The number of hydrazine groups is 2.